The van der Waals surface area contributed by atoms with E-state index < -0.39 is 16.1 Å². The van der Waals surface area contributed by atoms with Crippen molar-refractivity contribution in [3.63, 3.8) is 0 Å². The van der Waals surface area contributed by atoms with Gasteiger partial charge in [0.05, 0.1) is 6.61 Å². The van der Waals surface area contributed by atoms with Crippen molar-refractivity contribution in [3.05, 3.63) is 76.9 Å². The van der Waals surface area contributed by atoms with Crippen LogP contribution in [-0.2, 0) is 19.6 Å². The molecule has 8 nitrogen and oxygen atoms in total. The molecule has 0 amide bonds. The van der Waals surface area contributed by atoms with Gasteiger partial charge in [0.25, 0.3) is 0 Å². The molecule has 2 aromatic heterocycles. The lowest BCUT2D eigenvalue weighted by Gasteiger charge is -2.10. The number of anilines is 1. The molecule has 4 rings (SSSR count). The van der Waals surface area contributed by atoms with Crippen LogP contribution in [0.5, 0.6) is 5.75 Å². The SMILES string of the molecule is CCOC(=O)CNc1c(-c2cccc(OS(=O)(=O)c3ccc(C)cc3)c2)nc2ccc(Br)cn12. The number of pyridine rings is 1. The molecule has 0 aliphatic heterocycles. The van der Waals surface area contributed by atoms with E-state index in [-0.39, 0.29) is 23.8 Å². The minimum atomic E-state index is -4.01. The van der Waals surface area contributed by atoms with E-state index in [2.05, 4.69) is 26.2 Å². The molecule has 0 unspecified atom stereocenters. The van der Waals surface area contributed by atoms with Crippen molar-refractivity contribution in [1.82, 2.24) is 9.38 Å². The number of hydrogen-bond acceptors (Lipinski definition) is 7. The van der Waals surface area contributed by atoms with Crippen LogP contribution in [0.1, 0.15) is 12.5 Å². The summed E-state index contributed by atoms with van der Waals surface area (Å²) in [5, 5.41) is 3.09. The Labute approximate surface area is 205 Å². The Kier molecular flexibility index (Phi) is 6.90. The number of nitrogens with zero attached hydrogens (tertiary/aromatic N) is 2. The summed E-state index contributed by atoms with van der Waals surface area (Å²) >= 11 is 3.45. The monoisotopic (exact) mass is 543 g/mol. The standard InChI is InChI=1S/C24H22BrN3O5S/c1-3-32-22(29)14-26-24-23(27-21-12-9-18(25)15-28(21)24)17-5-4-6-19(13-17)33-34(30,31)20-10-7-16(2)8-11-20/h4-13,15,26H,3,14H2,1-2H3. The molecule has 0 spiro atoms. The summed E-state index contributed by atoms with van der Waals surface area (Å²) in [4.78, 5) is 16.7. The van der Waals surface area contributed by atoms with Crippen molar-refractivity contribution in [2.75, 3.05) is 18.5 Å². The number of halogens is 1. The molecule has 0 aliphatic rings. The second kappa shape index (κ2) is 9.86. The highest BCUT2D eigenvalue weighted by Gasteiger charge is 2.19. The number of nitrogens with one attached hydrogen (secondary N) is 1. The van der Waals surface area contributed by atoms with E-state index in [9.17, 15) is 13.2 Å². The third-order valence-electron chi connectivity index (χ3n) is 4.91. The molecule has 0 atom stereocenters. The summed E-state index contributed by atoms with van der Waals surface area (Å²) in [7, 11) is -4.01. The van der Waals surface area contributed by atoms with Gasteiger partial charge in [0.2, 0.25) is 0 Å². The Morgan fingerprint density at radius 2 is 1.88 bits per heavy atom. The van der Waals surface area contributed by atoms with Crippen LogP contribution < -0.4 is 9.50 Å². The van der Waals surface area contributed by atoms with Gasteiger partial charge in [0.1, 0.15) is 34.3 Å². The molecular weight excluding hydrogens is 522 g/mol. The van der Waals surface area contributed by atoms with Gasteiger partial charge in [-0.1, -0.05) is 29.8 Å². The average molecular weight is 544 g/mol. The Hall–Kier alpha value is -3.37. The number of aromatic nitrogens is 2. The summed E-state index contributed by atoms with van der Waals surface area (Å²) in [6, 6.07) is 16.7. The maximum absolute atomic E-state index is 12.7. The van der Waals surface area contributed by atoms with Gasteiger partial charge in [-0.15, -0.1) is 0 Å². The molecule has 10 heteroatoms. The summed E-state index contributed by atoms with van der Waals surface area (Å²) < 4.78 is 38.5. The number of imidazole rings is 1. The molecule has 4 aromatic rings. The molecule has 0 aliphatic carbocycles. The number of fused-ring (bicyclic) bond motifs is 1. The van der Waals surface area contributed by atoms with Gasteiger partial charge in [0.15, 0.2) is 0 Å². The Morgan fingerprint density at radius 3 is 2.62 bits per heavy atom. The van der Waals surface area contributed by atoms with E-state index in [0.29, 0.717) is 22.7 Å². The van der Waals surface area contributed by atoms with E-state index in [0.717, 1.165) is 10.0 Å². The Bertz CT molecular complexity index is 1450. The van der Waals surface area contributed by atoms with Crippen LogP contribution in [-0.4, -0.2) is 36.9 Å². The van der Waals surface area contributed by atoms with Gasteiger partial charge in [-0.25, -0.2) is 4.98 Å². The van der Waals surface area contributed by atoms with Crippen LogP contribution >= 0.6 is 15.9 Å². The van der Waals surface area contributed by atoms with Crippen molar-refractivity contribution in [2.45, 2.75) is 18.7 Å². The molecule has 0 bridgehead atoms. The zero-order valence-corrected chi connectivity index (χ0v) is 20.9. The molecule has 2 heterocycles. The van der Waals surface area contributed by atoms with Crippen LogP contribution in [0, 0.1) is 6.92 Å². The lowest BCUT2D eigenvalue weighted by atomic mass is 10.1. The molecule has 0 saturated carbocycles. The quantitative estimate of drug-likeness (QED) is 0.251. The molecule has 176 valence electrons. The highest BCUT2D eigenvalue weighted by Crippen LogP contribution is 2.32. The minimum absolute atomic E-state index is 0.0564. The first-order valence-electron chi connectivity index (χ1n) is 10.5. The normalized spacial score (nSPS) is 11.4. The van der Waals surface area contributed by atoms with Gasteiger partial charge in [-0.3, -0.25) is 9.20 Å². The smallest absolute Gasteiger partial charge is 0.339 e. The first kappa shape index (κ1) is 23.8. The van der Waals surface area contributed by atoms with Crippen LogP contribution in [0.25, 0.3) is 16.9 Å². The number of benzene rings is 2. The first-order chi connectivity index (χ1) is 16.3. The lowest BCUT2D eigenvalue weighted by Crippen LogP contribution is -2.17. The van der Waals surface area contributed by atoms with E-state index in [4.69, 9.17) is 8.92 Å². The summed E-state index contributed by atoms with van der Waals surface area (Å²) in [6.45, 7) is 3.84. The van der Waals surface area contributed by atoms with Gasteiger partial charge in [-0.2, -0.15) is 8.42 Å². The highest BCUT2D eigenvalue weighted by molar-refractivity contribution is 9.10. The fourth-order valence-electron chi connectivity index (χ4n) is 3.33. The minimum Gasteiger partial charge on any atom is -0.465 e. The number of carbonyl (C=O) groups is 1. The molecule has 1 N–H and O–H groups in total. The van der Waals surface area contributed by atoms with Gasteiger partial charge >= 0.3 is 16.1 Å². The average Bonchev–Trinajstić information content (AvgIpc) is 3.16. The zero-order valence-electron chi connectivity index (χ0n) is 18.5. The summed E-state index contributed by atoms with van der Waals surface area (Å²) in [5.41, 5.74) is 2.73. The lowest BCUT2D eigenvalue weighted by molar-refractivity contribution is -0.140. The molecule has 34 heavy (non-hydrogen) atoms. The number of hydrogen-bond donors (Lipinski definition) is 1. The van der Waals surface area contributed by atoms with Crippen molar-refractivity contribution in [1.29, 1.82) is 0 Å². The second-order valence-corrected chi connectivity index (χ2v) is 9.88. The molecule has 0 fully saturated rings. The maximum atomic E-state index is 12.7. The predicted molar refractivity (Wildman–Crippen MR) is 132 cm³/mol. The predicted octanol–water partition coefficient (Wildman–Crippen LogP) is 4.81. The summed E-state index contributed by atoms with van der Waals surface area (Å²) in [6.07, 6.45) is 1.82. The topological polar surface area (TPSA) is 99.0 Å². The van der Waals surface area contributed by atoms with Crippen molar-refractivity contribution >= 4 is 43.5 Å². The van der Waals surface area contributed by atoms with Crippen molar-refractivity contribution in [3.8, 4) is 17.0 Å². The molecule has 0 saturated heterocycles. The number of rotatable bonds is 8. The van der Waals surface area contributed by atoms with Crippen molar-refractivity contribution in [2.24, 2.45) is 0 Å². The van der Waals surface area contributed by atoms with Crippen LogP contribution in [0.2, 0.25) is 0 Å². The van der Waals surface area contributed by atoms with E-state index in [1.807, 2.05) is 25.3 Å². The fourth-order valence-corrected chi connectivity index (χ4v) is 4.59. The molecule has 2 aromatic carbocycles. The number of carbonyl (C=O) groups excluding carboxylic acids is 1. The Balaban J connectivity index is 1.70. The van der Waals surface area contributed by atoms with E-state index >= 15 is 0 Å². The number of esters is 1. The van der Waals surface area contributed by atoms with Gasteiger partial charge in [-0.05, 0) is 66.2 Å². The second-order valence-electron chi connectivity index (χ2n) is 7.42. The van der Waals surface area contributed by atoms with Gasteiger partial charge in [0, 0.05) is 16.2 Å². The highest BCUT2D eigenvalue weighted by atomic mass is 79.9. The Morgan fingerprint density at radius 1 is 1.12 bits per heavy atom. The number of aryl methyl sites for hydroxylation is 1. The van der Waals surface area contributed by atoms with E-state index in [1.54, 1.807) is 47.7 Å². The summed E-state index contributed by atoms with van der Waals surface area (Å²) in [5.74, 6) is 0.301. The van der Waals surface area contributed by atoms with Crippen LogP contribution in [0.4, 0.5) is 5.82 Å². The van der Waals surface area contributed by atoms with Crippen LogP contribution in [0.3, 0.4) is 0 Å². The third kappa shape index (κ3) is 5.23. The molecule has 0 radical (unpaired) electrons. The fraction of sp³-hybridized carbons (Fsp3) is 0.167. The number of ether oxygens (including phenoxy) is 1. The maximum Gasteiger partial charge on any atom is 0.339 e. The largest absolute Gasteiger partial charge is 0.465 e. The first-order valence-corrected chi connectivity index (χ1v) is 12.7. The third-order valence-corrected chi connectivity index (χ3v) is 6.64. The van der Waals surface area contributed by atoms with Crippen molar-refractivity contribution < 1.29 is 22.1 Å². The van der Waals surface area contributed by atoms with Gasteiger partial charge < -0.3 is 14.2 Å². The molecular formula is C24H22BrN3O5S. The van der Waals surface area contributed by atoms with Crippen LogP contribution in [0.15, 0.2) is 76.2 Å². The van der Waals surface area contributed by atoms with E-state index in [1.165, 1.54) is 12.1 Å². The zero-order chi connectivity index (χ0) is 24.3.